The summed E-state index contributed by atoms with van der Waals surface area (Å²) < 4.78 is 0. The Morgan fingerprint density at radius 3 is 2.92 bits per heavy atom. The average molecular weight is 165 g/mol. The minimum atomic E-state index is 0.986. The number of rotatable bonds is 0. The first-order valence-corrected chi connectivity index (χ1v) is 5.62. The van der Waals surface area contributed by atoms with E-state index in [2.05, 4.69) is 11.8 Å². The van der Waals surface area contributed by atoms with Crippen LogP contribution in [0.4, 0.5) is 0 Å². The highest BCUT2D eigenvalue weighted by Gasteiger charge is 2.47. The van der Waals surface area contributed by atoms with Crippen molar-refractivity contribution in [3.05, 3.63) is 0 Å². The van der Waals surface area contributed by atoms with Gasteiger partial charge in [0.15, 0.2) is 0 Å². The summed E-state index contributed by atoms with van der Waals surface area (Å²) in [4.78, 5) is 2.84. The van der Waals surface area contributed by atoms with Crippen LogP contribution in [0, 0.1) is 11.8 Å². The third-order valence-corrected chi connectivity index (χ3v) is 4.51. The molecule has 1 heteroatoms. The van der Waals surface area contributed by atoms with E-state index in [-0.39, 0.29) is 0 Å². The second kappa shape index (κ2) is 2.47. The zero-order valence-corrected chi connectivity index (χ0v) is 8.00. The molecule has 0 aromatic rings. The summed E-state index contributed by atoms with van der Waals surface area (Å²) in [6.07, 6.45) is 7.55. The van der Waals surface area contributed by atoms with Crippen molar-refractivity contribution in [1.29, 1.82) is 0 Å². The lowest BCUT2D eigenvalue weighted by Gasteiger charge is -2.23. The summed E-state index contributed by atoms with van der Waals surface area (Å²) in [5.41, 5.74) is 0. The minimum Gasteiger partial charge on any atom is -0.297 e. The van der Waals surface area contributed by atoms with Crippen LogP contribution in [-0.2, 0) is 0 Å². The Labute approximate surface area is 75.1 Å². The SMILES string of the molecule is CC1CCN2C1CC1CCCC12. The summed E-state index contributed by atoms with van der Waals surface area (Å²) >= 11 is 0. The van der Waals surface area contributed by atoms with Gasteiger partial charge in [0.1, 0.15) is 0 Å². The molecule has 4 atom stereocenters. The van der Waals surface area contributed by atoms with Gasteiger partial charge in [0.05, 0.1) is 0 Å². The highest BCUT2D eigenvalue weighted by Crippen LogP contribution is 2.46. The van der Waals surface area contributed by atoms with E-state index < -0.39 is 0 Å². The van der Waals surface area contributed by atoms with Crippen LogP contribution in [0.25, 0.3) is 0 Å². The first-order valence-electron chi connectivity index (χ1n) is 5.62. The van der Waals surface area contributed by atoms with E-state index in [4.69, 9.17) is 0 Å². The quantitative estimate of drug-likeness (QED) is 0.532. The Kier molecular flexibility index (Phi) is 1.52. The monoisotopic (exact) mass is 165 g/mol. The van der Waals surface area contributed by atoms with Crippen molar-refractivity contribution in [3.8, 4) is 0 Å². The Morgan fingerprint density at radius 1 is 1.08 bits per heavy atom. The molecule has 0 bridgehead atoms. The van der Waals surface area contributed by atoms with Crippen LogP contribution in [0.2, 0.25) is 0 Å². The van der Waals surface area contributed by atoms with E-state index in [0.717, 1.165) is 23.9 Å². The minimum absolute atomic E-state index is 0.986. The van der Waals surface area contributed by atoms with Crippen molar-refractivity contribution >= 4 is 0 Å². The predicted molar refractivity (Wildman–Crippen MR) is 50.0 cm³/mol. The highest BCUT2D eigenvalue weighted by molar-refractivity contribution is 5.01. The van der Waals surface area contributed by atoms with E-state index in [1.807, 2.05) is 0 Å². The standard InChI is InChI=1S/C11H19N/c1-8-5-6-12-10-4-2-3-9(10)7-11(8)12/h8-11H,2-7H2,1H3. The van der Waals surface area contributed by atoms with E-state index in [9.17, 15) is 0 Å². The molecule has 68 valence electrons. The molecule has 3 fully saturated rings. The molecule has 0 N–H and O–H groups in total. The van der Waals surface area contributed by atoms with Gasteiger partial charge in [-0.1, -0.05) is 13.3 Å². The van der Waals surface area contributed by atoms with Crippen molar-refractivity contribution < 1.29 is 0 Å². The smallest absolute Gasteiger partial charge is 0.0128 e. The number of fused-ring (bicyclic) bond motifs is 3. The Bertz CT molecular complexity index is 187. The van der Waals surface area contributed by atoms with Gasteiger partial charge >= 0.3 is 0 Å². The molecule has 0 radical (unpaired) electrons. The van der Waals surface area contributed by atoms with E-state index >= 15 is 0 Å². The van der Waals surface area contributed by atoms with Gasteiger partial charge in [-0.05, 0) is 44.1 Å². The molecular formula is C11H19N. The summed E-state index contributed by atoms with van der Waals surface area (Å²) in [6, 6.07) is 2.00. The fourth-order valence-corrected chi connectivity index (χ4v) is 3.86. The van der Waals surface area contributed by atoms with Crippen LogP contribution >= 0.6 is 0 Å². The molecule has 3 rings (SSSR count). The van der Waals surface area contributed by atoms with Gasteiger partial charge in [-0.2, -0.15) is 0 Å². The Morgan fingerprint density at radius 2 is 2.00 bits per heavy atom. The zero-order valence-electron chi connectivity index (χ0n) is 8.00. The van der Waals surface area contributed by atoms with Gasteiger partial charge in [-0.3, -0.25) is 4.90 Å². The van der Waals surface area contributed by atoms with Gasteiger partial charge in [-0.15, -0.1) is 0 Å². The third kappa shape index (κ3) is 0.834. The van der Waals surface area contributed by atoms with Gasteiger partial charge < -0.3 is 0 Å². The maximum absolute atomic E-state index is 2.84. The fraction of sp³-hybridized carbons (Fsp3) is 1.00. The average Bonchev–Trinajstić information content (AvgIpc) is 2.63. The predicted octanol–water partition coefficient (Wildman–Crippen LogP) is 2.27. The Hall–Kier alpha value is -0.0400. The van der Waals surface area contributed by atoms with Crippen molar-refractivity contribution in [2.24, 2.45) is 11.8 Å². The van der Waals surface area contributed by atoms with Crippen LogP contribution < -0.4 is 0 Å². The lowest BCUT2D eigenvalue weighted by Crippen LogP contribution is -2.32. The topological polar surface area (TPSA) is 3.24 Å². The fourth-order valence-electron chi connectivity index (χ4n) is 3.86. The Balaban J connectivity index is 1.83. The molecule has 1 aliphatic carbocycles. The summed E-state index contributed by atoms with van der Waals surface area (Å²) in [5, 5.41) is 0. The van der Waals surface area contributed by atoms with Crippen LogP contribution in [0.5, 0.6) is 0 Å². The van der Waals surface area contributed by atoms with E-state index in [0.29, 0.717) is 0 Å². The second-order valence-electron chi connectivity index (χ2n) is 5.07. The van der Waals surface area contributed by atoms with Gasteiger partial charge in [0.25, 0.3) is 0 Å². The van der Waals surface area contributed by atoms with E-state index in [1.165, 1.54) is 38.6 Å². The highest BCUT2D eigenvalue weighted by atomic mass is 15.2. The van der Waals surface area contributed by atoms with Crippen LogP contribution in [0.1, 0.15) is 39.0 Å². The zero-order chi connectivity index (χ0) is 8.13. The first-order chi connectivity index (χ1) is 5.86. The van der Waals surface area contributed by atoms with Crippen LogP contribution in [0.3, 0.4) is 0 Å². The molecule has 0 amide bonds. The first kappa shape index (κ1) is 7.37. The maximum atomic E-state index is 2.84. The van der Waals surface area contributed by atoms with Gasteiger partial charge in [0, 0.05) is 12.1 Å². The van der Waals surface area contributed by atoms with Crippen molar-refractivity contribution in [2.45, 2.75) is 51.1 Å². The number of hydrogen-bond acceptors (Lipinski definition) is 1. The second-order valence-corrected chi connectivity index (χ2v) is 5.07. The number of hydrogen-bond donors (Lipinski definition) is 0. The molecule has 2 heterocycles. The molecule has 4 unspecified atom stereocenters. The molecule has 2 saturated heterocycles. The van der Waals surface area contributed by atoms with Gasteiger partial charge in [-0.25, -0.2) is 0 Å². The normalized spacial score (nSPS) is 52.8. The largest absolute Gasteiger partial charge is 0.297 e. The van der Waals surface area contributed by atoms with Crippen molar-refractivity contribution in [2.75, 3.05) is 6.54 Å². The molecule has 12 heavy (non-hydrogen) atoms. The third-order valence-electron chi connectivity index (χ3n) is 4.51. The summed E-state index contributed by atoms with van der Waals surface area (Å²) in [7, 11) is 0. The van der Waals surface area contributed by atoms with Gasteiger partial charge in [0.2, 0.25) is 0 Å². The maximum Gasteiger partial charge on any atom is 0.0128 e. The van der Waals surface area contributed by atoms with Crippen molar-refractivity contribution in [3.63, 3.8) is 0 Å². The van der Waals surface area contributed by atoms with Crippen LogP contribution in [0.15, 0.2) is 0 Å². The molecular weight excluding hydrogens is 146 g/mol. The summed E-state index contributed by atoms with van der Waals surface area (Å²) in [6.45, 7) is 3.86. The molecule has 0 spiro atoms. The van der Waals surface area contributed by atoms with Crippen molar-refractivity contribution in [1.82, 2.24) is 4.90 Å². The molecule has 0 aromatic heterocycles. The number of nitrogens with zero attached hydrogens (tertiary/aromatic N) is 1. The van der Waals surface area contributed by atoms with E-state index in [1.54, 1.807) is 0 Å². The molecule has 2 aliphatic heterocycles. The molecule has 1 nitrogen and oxygen atoms in total. The lowest BCUT2D eigenvalue weighted by molar-refractivity contribution is 0.224. The van der Waals surface area contributed by atoms with Crippen LogP contribution in [-0.4, -0.2) is 23.5 Å². The molecule has 3 aliphatic rings. The molecule has 1 saturated carbocycles. The summed E-state index contributed by atoms with van der Waals surface area (Å²) in [5.74, 6) is 2.09. The lowest BCUT2D eigenvalue weighted by atomic mass is 9.94. The molecule has 0 aromatic carbocycles.